The van der Waals surface area contributed by atoms with Gasteiger partial charge in [-0.05, 0) is 45.2 Å². The Morgan fingerprint density at radius 3 is 2.72 bits per heavy atom. The lowest BCUT2D eigenvalue weighted by molar-refractivity contribution is 0.0946. The number of fused-ring (bicyclic) bond motifs is 1. The number of ether oxygens (including phenoxy) is 1. The molecule has 1 unspecified atom stereocenters. The summed E-state index contributed by atoms with van der Waals surface area (Å²) in [5, 5.41) is 3.74. The van der Waals surface area contributed by atoms with Gasteiger partial charge in [0, 0.05) is 5.56 Å². The van der Waals surface area contributed by atoms with Crippen molar-refractivity contribution < 1.29 is 4.74 Å². The van der Waals surface area contributed by atoms with E-state index >= 15 is 0 Å². The predicted molar refractivity (Wildman–Crippen MR) is 73.9 cm³/mol. The summed E-state index contributed by atoms with van der Waals surface area (Å²) in [4.78, 5) is 0. The topological polar surface area (TPSA) is 21.3 Å². The van der Waals surface area contributed by atoms with Crippen molar-refractivity contribution in [2.24, 2.45) is 5.92 Å². The summed E-state index contributed by atoms with van der Waals surface area (Å²) in [6.45, 7) is 5.49. The molecule has 0 radical (unpaired) electrons. The van der Waals surface area contributed by atoms with Crippen molar-refractivity contribution in [2.75, 3.05) is 6.54 Å². The zero-order valence-corrected chi connectivity index (χ0v) is 11.4. The Kier molecular flexibility index (Phi) is 3.06. The third-order valence-corrected chi connectivity index (χ3v) is 4.38. The number of hydrogen-bond donors (Lipinski definition) is 1. The molecule has 1 aromatic rings. The fourth-order valence-electron chi connectivity index (χ4n) is 3.38. The third-order valence-electron chi connectivity index (χ3n) is 4.38. The van der Waals surface area contributed by atoms with Gasteiger partial charge in [0.2, 0.25) is 0 Å². The van der Waals surface area contributed by atoms with E-state index in [1.807, 2.05) is 6.07 Å². The van der Waals surface area contributed by atoms with Gasteiger partial charge in [-0.3, -0.25) is 0 Å². The molecule has 1 saturated carbocycles. The first kappa shape index (κ1) is 12.0. The van der Waals surface area contributed by atoms with Crippen LogP contribution in [0.15, 0.2) is 24.3 Å². The Labute approximate surface area is 110 Å². The van der Waals surface area contributed by atoms with Gasteiger partial charge in [0.05, 0.1) is 6.04 Å². The smallest absolute Gasteiger partial charge is 0.125 e. The van der Waals surface area contributed by atoms with Crippen molar-refractivity contribution >= 4 is 0 Å². The number of para-hydroxylation sites is 1. The molecule has 0 bridgehead atoms. The van der Waals surface area contributed by atoms with E-state index < -0.39 is 0 Å². The molecule has 2 heteroatoms. The molecule has 0 saturated heterocycles. The number of benzene rings is 1. The molecule has 1 aromatic carbocycles. The van der Waals surface area contributed by atoms with Crippen molar-refractivity contribution in [1.29, 1.82) is 0 Å². The first-order valence-electron chi connectivity index (χ1n) is 7.18. The molecule has 0 amide bonds. The highest BCUT2D eigenvalue weighted by atomic mass is 16.5. The van der Waals surface area contributed by atoms with Gasteiger partial charge >= 0.3 is 0 Å². The molecule has 98 valence electrons. The minimum absolute atomic E-state index is 0.137. The average molecular weight is 245 g/mol. The Hall–Kier alpha value is -1.02. The van der Waals surface area contributed by atoms with E-state index in [9.17, 15) is 0 Å². The van der Waals surface area contributed by atoms with Crippen LogP contribution in [0.4, 0.5) is 0 Å². The molecule has 1 N–H and O–H groups in total. The highest BCUT2D eigenvalue weighted by molar-refractivity contribution is 5.42. The Morgan fingerprint density at radius 2 is 1.94 bits per heavy atom. The van der Waals surface area contributed by atoms with Gasteiger partial charge in [-0.2, -0.15) is 0 Å². The number of hydrogen-bond acceptors (Lipinski definition) is 2. The van der Waals surface area contributed by atoms with E-state index in [0.717, 1.165) is 18.2 Å². The van der Waals surface area contributed by atoms with Crippen LogP contribution in [0.25, 0.3) is 0 Å². The van der Waals surface area contributed by atoms with Gasteiger partial charge < -0.3 is 10.1 Å². The number of rotatable bonds is 3. The molecular weight excluding hydrogens is 222 g/mol. The summed E-state index contributed by atoms with van der Waals surface area (Å²) in [5.41, 5.74) is 1.18. The predicted octanol–water partition coefficient (Wildman–Crippen LogP) is 3.68. The van der Waals surface area contributed by atoms with Gasteiger partial charge in [-0.25, -0.2) is 0 Å². The normalized spacial score (nSPS) is 26.0. The zero-order chi connectivity index (χ0) is 12.6. The van der Waals surface area contributed by atoms with E-state index in [2.05, 4.69) is 37.4 Å². The third kappa shape index (κ3) is 2.14. The molecule has 1 heterocycles. The fourth-order valence-corrected chi connectivity index (χ4v) is 3.38. The van der Waals surface area contributed by atoms with Gasteiger partial charge in [0.1, 0.15) is 11.4 Å². The molecule has 2 nitrogen and oxygen atoms in total. The standard InChI is InChI=1S/C16H23NO/c1-16(2)15(17-11-12-7-3-4-8-12)13-9-5-6-10-14(13)18-16/h5-6,9-10,12,15,17H,3-4,7-8,11H2,1-2H3. The lowest BCUT2D eigenvalue weighted by atomic mass is 9.94. The van der Waals surface area contributed by atoms with Crippen molar-refractivity contribution in [3.05, 3.63) is 29.8 Å². The van der Waals surface area contributed by atoms with Crippen molar-refractivity contribution in [2.45, 2.75) is 51.2 Å². The molecule has 1 aliphatic heterocycles. The minimum atomic E-state index is -0.137. The second kappa shape index (κ2) is 4.58. The Bertz CT molecular complexity index is 421. The maximum atomic E-state index is 6.06. The molecule has 2 aliphatic rings. The van der Waals surface area contributed by atoms with Gasteiger partial charge in [0.25, 0.3) is 0 Å². The SMILES string of the molecule is CC1(C)Oc2ccccc2C1NCC1CCCC1. The summed E-state index contributed by atoms with van der Waals surface area (Å²) in [6.07, 6.45) is 5.60. The van der Waals surface area contributed by atoms with Crippen LogP contribution in [0, 0.1) is 5.92 Å². The lowest BCUT2D eigenvalue weighted by Gasteiger charge is -2.28. The minimum Gasteiger partial charge on any atom is -0.486 e. The molecule has 0 spiro atoms. The van der Waals surface area contributed by atoms with Crippen LogP contribution in [0.5, 0.6) is 5.75 Å². The van der Waals surface area contributed by atoms with Gasteiger partial charge in [-0.15, -0.1) is 0 Å². The summed E-state index contributed by atoms with van der Waals surface area (Å²) in [7, 11) is 0. The highest BCUT2D eigenvalue weighted by Crippen LogP contribution is 2.42. The maximum Gasteiger partial charge on any atom is 0.125 e. The molecule has 1 fully saturated rings. The second-order valence-electron chi connectivity index (χ2n) is 6.24. The first-order chi connectivity index (χ1) is 8.67. The van der Waals surface area contributed by atoms with Crippen LogP contribution in [0.1, 0.15) is 51.1 Å². The van der Waals surface area contributed by atoms with Crippen LogP contribution in [0.2, 0.25) is 0 Å². The molecule has 18 heavy (non-hydrogen) atoms. The van der Waals surface area contributed by atoms with Crippen LogP contribution in [0.3, 0.4) is 0 Å². The van der Waals surface area contributed by atoms with E-state index in [4.69, 9.17) is 4.74 Å². The monoisotopic (exact) mass is 245 g/mol. The van der Waals surface area contributed by atoms with Crippen LogP contribution in [-0.4, -0.2) is 12.1 Å². The van der Waals surface area contributed by atoms with Crippen molar-refractivity contribution in [1.82, 2.24) is 5.32 Å². The average Bonchev–Trinajstić information content (AvgIpc) is 2.91. The van der Waals surface area contributed by atoms with E-state index in [1.165, 1.54) is 31.2 Å². The first-order valence-corrected chi connectivity index (χ1v) is 7.18. The Balaban J connectivity index is 1.73. The summed E-state index contributed by atoms with van der Waals surface area (Å²) >= 11 is 0. The Morgan fingerprint density at radius 1 is 1.22 bits per heavy atom. The van der Waals surface area contributed by atoms with Gasteiger partial charge in [0.15, 0.2) is 0 Å². The van der Waals surface area contributed by atoms with Gasteiger partial charge in [-0.1, -0.05) is 31.0 Å². The highest BCUT2D eigenvalue weighted by Gasteiger charge is 2.40. The molecule has 3 rings (SSSR count). The quantitative estimate of drug-likeness (QED) is 0.877. The van der Waals surface area contributed by atoms with Crippen molar-refractivity contribution in [3.8, 4) is 5.75 Å². The zero-order valence-electron chi connectivity index (χ0n) is 11.4. The van der Waals surface area contributed by atoms with E-state index in [-0.39, 0.29) is 5.60 Å². The van der Waals surface area contributed by atoms with Crippen LogP contribution < -0.4 is 10.1 Å². The molecule has 1 atom stereocenters. The fraction of sp³-hybridized carbons (Fsp3) is 0.625. The van der Waals surface area contributed by atoms with E-state index in [0.29, 0.717) is 6.04 Å². The van der Waals surface area contributed by atoms with Crippen molar-refractivity contribution in [3.63, 3.8) is 0 Å². The number of nitrogens with one attached hydrogen (secondary N) is 1. The molecule has 1 aliphatic carbocycles. The molecule has 0 aromatic heterocycles. The summed E-state index contributed by atoms with van der Waals surface area (Å²) in [6, 6.07) is 8.75. The lowest BCUT2D eigenvalue weighted by Crippen LogP contribution is -2.40. The summed E-state index contributed by atoms with van der Waals surface area (Å²) in [5.74, 6) is 1.92. The van der Waals surface area contributed by atoms with Crippen LogP contribution >= 0.6 is 0 Å². The maximum absolute atomic E-state index is 6.06. The molecular formula is C16H23NO. The van der Waals surface area contributed by atoms with E-state index in [1.54, 1.807) is 0 Å². The summed E-state index contributed by atoms with van der Waals surface area (Å²) < 4.78 is 6.06. The van der Waals surface area contributed by atoms with Crippen LogP contribution in [-0.2, 0) is 0 Å². The second-order valence-corrected chi connectivity index (χ2v) is 6.24. The largest absolute Gasteiger partial charge is 0.486 e.